The minimum Gasteiger partial charge on any atom is -0.363 e. The van der Waals surface area contributed by atoms with Crippen molar-refractivity contribution in [2.75, 3.05) is 35.8 Å². The van der Waals surface area contributed by atoms with Gasteiger partial charge in [0.05, 0.1) is 26.1 Å². The zero-order valence-electron chi connectivity index (χ0n) is 23.4. The summed E-state index contributed by atoms with van der Waals surface area (Å²) < 4.78 is 31.9. The zero-order chi connectivity index (χ0) is 30.9. The number of nitro groups is 2. The second-order valence-electron chi connectivity index (χ2n) is 10.1. The molecule has 1 aliphatic rings. The summed E-state index contributed by atoms with van der Waals surface area (Å²) in [5.74, 6) is 0. The largest absolute Gasteiger partial charge is 0.363 e. The number of non-ortho nitro benzene ring substituents is 1. The third kappa shape index (κ3) is 5.98. The van der Waals surface area contributed by atoms with E-state index in [9.17, 15) is 33.4 Å². The molecule has 0 unspecified atom stereocenters. The van der Waals surface area contributed by atoms with Gasteiger partial charge in [-0.2, -0.15) is 0 Å². The molecule has 1 fully saturated rings. The number of hydrogen-bond donors (Lipinski definition) is 1. The molecule has 0 atom stereocenters. The first kappa shape index (κ1) is 29.5. The Bertz CT molecular complexity index is 1860. The zero-order valence-corrected chi connectivity index (χ0v) is 24.2. The van der Waals surface area contributed by atoms with Crippen molar-refractivity contribution >= 4 is 32.8 Å². The van der Waals surface area contributed by atoms with Gasteiger partial charge in [-0.1, -0.05) is 30.3 Å². The fourth-order valence-corrected chi connectivity index (χ4v) is 6.27. The molecule has 1 N–H and O–H groups in total. The summed E-state index contributed by atoms with van der Waals surface area (Å²) in [7, 11) is -2.73. The Morgan fingerprint density at radius 2 is 1.58 bits per heavy atom. The third-order valence-electron chi connectivity index (χ3n) is 7.49. The molecule has 0 aliphatic carbocycles. The van der Waals surface area contributed by atoms with E-state index < -0.39 is 25.4 Å². The number of nitrogens with zero attached hydrogens (tertiary/aromatic N) is 6. The molecule has 1 aliphatic heterocycles. The maximum absolute atomic E-state index is 13.4. The van der Waals surface area contributed by atoms with Crippen molar-refractivity contribution in [1.82, 2.24) is 14.3 Å². The quantitative estimate of drug-likeness (QED) is 0.222. The first-order valence-corrected chi connectivity index (χ1v) is 14.8. The highest BCUT2D eigenvalue weighted by Crippen LogP contribution is 2.32. The first-order valence-electron chi connectivity index (χ1n) is 13.3. The van der Waals surface area contributed by atoms with E-state index in [0.717, 1.165) is 11.6 Å². The standard InChI is InChI=1S/C28H29N7O7S/c1-20-27(28(36)33(30(20)2)22-8-4-3-5-9-22)29-43(41,42)24-11-12-25(26(18-24)35(39)40)32-15-13-31(14-16-32)19-21-7-6-10-23(17-21)34(37)38/h3-12,17-18,29H,13-16,19H2,1-2H3. The molecule has 0 spiro atoms. The minimum atomic E-state index is -4.36. The number of rotatable bonds is 9. The maximum atomic E-state index is 13.4. The number of anilines is 2. The summed E-state index contributed by atoms with van der Waals surface area (Å²) in [6.07, 6.45) is 0. The summed E-state index contributed by atoms with van der Waals surface area (Å²) in [5, 5.41) is 23.1. The maximum Gasteiger partial charge on any atom is 0.296 e. The monoisotopic (exact) mass is 607 g/mol. The summed E-state index contributed by atoms with van der Waals surface area (Å²) >= 11 is 0. The van der Waals surface area contributed by atoms with Gasteiger partial charge in [0, 0.05) is 58.0 Å². The molecule has 0 radical (unpaired) electrons. The molecule has 5 rings (SSSR count). The Hall–Kier alpha value is -5.02. The van der Waals surface area contributed by atoms with Gasteiger partial charge in [-0.05, 0) is 36.8 Å². The highest BCUT2D eigenvalue weighted by Gasteiger charge is 2.28. The molecule has 3 aromatic carbocycles. The van der Waals surface area contributed by atoms with Crippen LogP contribution in [0.4, 0.5) is 22.7 Å². The van der Waals surface area contributed by atoms with Gasteiger partial charge >= 0.3 is 0 Å². The fourth-order valence-electron chi connectivity index (χ4n) is 5.14. The van der Waals surface area contributed by atoms with E-state index in [1.165, 1.54) is 33.6 Å². The smallest absolute Gasteiger partial charge is 0.296 e. The predicted molar refractivity (Wildman–Crippen MR) is 160 cm³/mol. The highest BCUT2D eigenvalue weighted by molar-refractivity contribution is 7.92. The van der Waals surface area contributed by atoms with Crippen molar-refractivity contribution in [1.29, 1.82) is 0 Å². The Kier molecular flexibility index (Phi) is 8.02. The van der Waals surface area contributed by atoms with E-state index in [1.54, 1.807) is 50.4 Å². The van der Waals surface area contributed by atoms with E-state index in [1.807, 2.05) is 11.0 Å². The summed E-state index contributed by atoms with van der Waals surface area (Å²) in [6.45, 7) is 4.05. The lowest BCUT2D eigenvalue weighted by Crippen LogP contribution is -2.46. The number of sulfonamides is 1. The summed E-state index contributed by atoms with van der Waals surface area (Å²) in [5.41, 5.74) is 0.894. The van der Waals surface area contributed by atoms with Gasteiger partial charge in [0.15, 0.2) is 0 Å². The molecule has 43 heavy (non-hydrogen) atoms. The van der Waals surface area contributed by atoms with Crippen LogP contribution in [0.15, 0.2) is 82.5 Å². The number of aromatic nitrogens is 2. The number of benzene rings is 3. The van der Waals surface area contributed by atoms with Gasteiger partial charge in [0.25, 0.3) is 27.0 Å². The lowest BCUT2D eigenvalue weighted by Gasteiger charge is -2.35. The Balaban J connectivity index is 1.35. The minimum absolute atomic E-state index is 0.0144. The highest BCUT2D eigenvalue weighted by atomic mass is 32.2. The molecular weight excluding hydrogens is 578 g/mol. The molecule has 1 aromatic heterocycles. The Morgan fingerprint density at radius 3 is 2.23 bits per heavy atom. The molecule has 4 aromatic rings. The number of nitrogens with one attached hydrogen (secondary N) is 1. The van der Waals surface area contributed by atoms with E-state index in [-0.39, 0.29) is 27.6 Å². The van der Waals surface area contributed by atoms with Crippen molar-refractivity contribution in [3.05, 3.63) is 115 Å². The van der Waals surface area contributed by atoms with Crippen LogP contribution in [0.25, 0.3) is 5.69 Å². The third-order valence-corrected chi connectivity index (χ3v) is 8.83. The molecule has 14 nitrogen and oxygen atoms in total. The number of para-hydroxylation sites is 1. The van der Waals surface area contributed by atoms with Crippen molar-refractivity contribution in [2.24, 2.45) is 7.05 Å². The Morgan fingerprint density at radius 1 is 0.884 bits per heavy atom. The van der Waals surface area contributed by atoms with Crippen molar-refractivity contribution in [2.45, 2.75) is 18.4 Å². The first-order chi connectivity index (χ1) is 20.5. The average Bonchev–Trinajstić information content (AvgIpc) is 3.20. The molecule has 1 saturated heterocycles. The van der Waals surface area contributed by atoms with Gasteiger partial charge in [-0.25, -0.2) is 13.1 Å². The molecular formula is C28H29N7O7S. The van der Waals surface area contributed by atoms with Gasteiger partial charge in [-0.15, -0.1) is 0 Å². The molecule has 2 heterocycles. The van der Waals surface area contributed by atoms with Gasteiger partial charge < -0.3 is 4.90 Å². The second-order valence-corrected chi connectivity index (χ2v) is 11.8. The molecule has 15 heteroatoms. The normalized spacial score (nSPS) is 14.0. The molecule has 224 valence electrons. The average molecular weight is 608 g/mol. The van der Waals surface area contributed by atoms with Crippen molar-refractivity contribution in [3.63, 3.8) is 0 Å². The lowest BCUT2D eigenvalue weighted by atomic mass is 10.1. The van der Waals surface area contributed by atoms with Crippen molar-refractivity contribution < 1.29 is 18.3 Å². The Labute approximate surface area is 246 Å². The van der Waals surface area contributed by atoms with Crippen molar-refractivity contribution in [3.8, 4) is 5.69 Å². The van der Waals surface area contributed by atoms with Crippen LogP contribution in [-0.4, -0.2) is 58.7 Å². The van der Waals surface area contributed by atoms with Crippen LogP contribution < -0.4 is 15.2 Å². The van der Waals surface area contributed by atoms with Crippen LogP contribution in [0.2, 0.25) is 0 Å². The molecule has 0 bridgehead atoms. The van der Waals surface area contributed by atoms with E-state index >= 15 is 0 Å². The van der Waals surface area contributed by atoms with E-state index in [4.69, 9.17) is 0 Å². The van der Waals surface area contributed by atoms with Crippen LogP contribution in [0.1, 0.15) is 11.3 Å². The van der Waals surface area contributed by atoms with Gasteiger partial charge in [0.1, 0.15) is 11.4 Å². The number of nitro benzene ring substituents is 2. The topological polar surface area (TPSA) is 166 Å². The van der Waals surface area contributed by atoms with Crippen LogP contribution in [0.5, 0.6) is 0 Å². The second kappa shape index (κ2) is 11.7. The molecule has 0 saturated carbocycles. The predicted octanol–water partition coefficient (Wildman–Crippen LogP) is 3.42. The van der Waals surface area contributed by atoms with Crippen LogP contribution in [0.3, 0.4) is 0 Å². The van der Waals surface area contributed by atoms with Crippen LogP contribution in [0, 0.1) is 27.2 Å². The van der Waals surface area contributed by atoms with E-state index in [0.29, 0.717) is 44.1 Å². The van der Waals surface area contributed by atoms with Gasteiger partial charge in [0.2, 0.25) is 0 Å². The van der Waals surface area contributed by atoms with Crippen LogP contribution >= 0.6 is 0 Å². The number of hydrogen-bond acceptors (Lipinski definition) is 9. The van der Waals surface area contributed by atoms with E-state index in [2.05, 4.69) is 9.62 Å². The summed E-state index contributed by atoms with van der Waals surface area (Å²) in [6, 6.07) is 18.8. The molecule has 0 amide bonds. The summed E-state index contributed by atoms with van der Waals surface area (Å²) in [4.78, 5) is 38.8. The SMILES string of the molecule is Cc1c(NS(=O)(=O)c2ccc(N3CCN(Cc4cccc([N+](=O)[O-])c4)CC3)c([N+](=O)[O-])c2)c(=O)n(-c2ccccc2)n1C. The van der Waals surface area contributed by atoms with Gasteiger partial charge in [-0.3, -0.25) is 39.3 Å². The fraction of sp³-hybridized carbons (Fsp3) is 0.250. The number of piperazine rings is 1. The van der Waals surface area contributed by atoms with Crippen LogP contribution in [-0.2, 0) is 23.6 Å². The lowest BCUT2D eigenvalue weighted by molar-refractivity contribution is -0.385.